The minimum absolute atomic E-state index is 0.121. The summed E-state index contributed by atoms with van der Waals surface area (Å²) in [5.74, 6) is -0.132. The van der Waals surface area contributed by atoms with E-state index in [1.165, 1.54) is 0 Å². The summed E-state index contributed by atoms with van der Waals surface area (Å²) in [6.45, 7) is 1.95. The highest BCUT2D eigenvalue weighted by atomic mass is 32.2. The number of benzene rings is 3. The number of rotatable bonds is 5. The van der Waals surface area contributed by atoms with Crippen LogP contribution in [-0.2, 0) is 15.6 Å². The predicted molar refractivity (Wildman–Crippen MR) is 99.9 cm³/mol. The summed E-state index contributed by atoms with van der Waals surface area (Å²) in [4.78, 5) is 12.5. The van der Waals surface area contributed by atoms with Gasteiger partial charge >= 0.3 is 5.97 Å². The summed E-state index contributed by atoms with van der Waals surface area (Å²) in [5.41, 5.74) is 2.06. The molecule has 132 valence electrons. The third-order valence-corrected chi connectivity index (χ3v) is 5.58. The van der Waals surface area contributed by atoms with Crippen molar-refractivity contribution in [2.75, 3.05) is 0 Å². The van der Waals surface area contributed by atoms with Crippen molar-refractivity contribution in [2.45, 2.75) is 17.6 Å². The molecule has 0 unspecified atom stereocenters. The van der Waals surface area contributed by atoms with Gasteiger partial charge in [-0.1, -0.05) is 48.0 Å². The van der Waals surface area contributed by atoms with E-state index in [1.807, 2.05) is 19.1 Å². The third kappa shape index (κ3) is 4.37. The molecule has 0 aromatic heterocycles. The van der Waals surface area contributed by atoms with Gasteiger partial charge in [0.1, 0.15) is 5.75 Å². The molecule has 0 atom stereocenters. The molecular formula is C21H18O4S. The van der Waals surface area contributed by atoms with Crippen molar-refractivity contribution in [3.8, 4) is 5.75 Å². The lowest BCUT2D eigenvalue weighted by Crippen LogP contribution is -2.09. The Morgan fingerprint density at radius 2 is 1.46 bits per heavy atom. The van der Waals surface area contributed by atoms with Crippen LogP contribution in [0.5, 0.6) is 5.75 Å². The number of aryl methyl sites for hydroxylation is 1. The fourth-order valence-electron chi connectivity index (χ4n) is 2.44. The van der Waals surface area contributed by atoms with Gasteiger partial charge in [0.25, 0.3) is 0 Å². The predicted octanol–water partition coefficient (Wildman–Crippen LogP) is 4.19. The van der Waals surface area contributed by atoms with Crippen molar-refractivity contribution < 1.29 is 17.9 Å². The molecule has 0 spiro atoms. The summed E-state index contributed by atoms with van der Waals surface area (Å²) in [7, 11) is -3.42. The number of hydrogen-bond acceptors (Lipinski definition) is 4. The smallest absolute Gasteiger partial charge is 0.343 e. The van der Waals surface area contributed by atoms with Gasteiger partial charge in [-0.3, -0.25) is 0 Å². The van der Waals surface area contributed by atoms with Crippen molar-refractivity contribution in [3.05, 3.63) is 95.6 Å². The van der Waals surface area contributed by atoms with Crippen LogP contribution in [0.3, 0.4) is 0 Å². The first-order chi connectivity index (χ1) is 12.4. The topological polar surface area (TPSA) is 60.4 Å². The molecule has 4 nitrogen and oxygen atoms in total. The van der Waals surface area contributed by atoms with Crippen LogP contribution in [-0.4, -0.2) is 14.4 Å². The lowest BCUT2D eigenvalue weighted by atomic mass is 10.1. The first kappa shape index (κ1) is 17.9. The zero-order valence-electron chi connectivity index (χ0n) is 14.3. The van der Waals surface area contributed by atoms with E-state index in [9.17, 15) is 13.2 Å². The molecule has 3 aromatic carbocycles. The van der Waals surface area contributed by atoms with Crippen LogP contribution in [0.15, 0.2) is 83.8 Å². The molecule has 0 bridgehead atoms. The van der Waals surface area contributed by atoms with E-state index in [-0.39, 0.29) is 10.6 Å². The monoisotopic (exact) mass is 366 g/mol. The van der Waals surface area contributed by atoms with Gasteiger partial charge in [-0.2, -0.15) is 0 Å². The molecule has 0 N–H and O–H groups in total. The Labute approximate surface area is 153 Å². The minimum atomic E-state index is -3.42. The second-order valence-electron chi connectivity index (χ2n) is 5.97. The van der Waals surface area contributed by atoms with Crippen molar-refractivity contribution in [1.29, 1.82) is 0 Å². The molecule has 3 aromatic rings. The molecule has 0 radical (unpaired) electrons. The van der Waals surface area contributed by atoms with Gasteiger partial charge in [-0.05, 0) is 48.9 Å². The number of ether oxygens (including phenoxy) is 1. The van der Waals surface area contributed by atoms with Gasteiger partial charge in [0.15, 0.2) is 9.84 Å². The summed E-state index contributed by atoms with van der Waals surface area (Å²) < 4.78 is 30.1. The first-order valence-electron chi connectivity index (χ1n) is 8.10. The minimum Gasteiger partial charge on any atom is -0.423 e. The van der Waals surface area contributed by atoms with Crippen LogP contribution in [0.25, 0.3) is 0 Å². The number of carbonyl (C=O) groups is 1. The maximum Gasteiger partial charge on any atom is 0.343 e. The van der Waals surface area contributed by atoms with Gasteiger partial charge in [-0.15, -0.1) is 0 Å². The number of hydrogen-bond donors (Lipinski definition) is 0. The first-order valence-corrected chi connectivity index (χ1v) is 9.75. The fourth-order valence-corrected chi connectivity index (χ4v) is 3.81. The zero-order valence-corrected chi connectivity index (χ0v) is 15.1. The van der Waals surface area contributed by atoms with Crippen molar-refractivity contribution in [2.24, 2.45) is 0 Å². The van der Waals surface area contributed by atoms with Crippen molar-refractivity contribution in [3.63, 3.8) is 0 Å². The lowest BCUT2D eigenvalue weighted by molar-refractivity contribution is 0.0734. The number of sulfone groups is 1. The largest absolute Gasteiger partial charge is 0.423 e. The van der Waals surface area contributed by atoms with Gasteiger partial charge in [0.05, 0.1) is 16.2 Å². The molecule has 0 aliphatic rings. The second-order valence-corrected chi connectivity index (χ2v) is 7.96. The Morgan fingerprint density at radius 3 is 2.08 bits per heavy atom. The van der Waals surface area contributed by atoms with Gasteiger partial charge in [0, 0.05) is 0 Å². The average molecular weight is 366 g/mol. The maximum atomic E-state index is 12.4. The average Bonchev–Trinajstić information content (AvgIpc) is 2.64. The molecule has 3 rings (SSSR count). The Morgan fingerprint density at radius 1 is 0.846 bits per heavy atom. The normalized spacial score (nSPS) is 11.1. The molecule has 0 saturated carbocycles. The molecule has 26 heavy (non-hydrogen) atoms. The lowest BCUT2D eigenvalue weighted by Gasteiger charge is -2.07. The molecular weight excluding hydrogens is 348 g/mol. The van der Waals surface area contributed by atoms with Crippen LogP contribution in [0.1, 0.15) is 21.5 Å². The Kier molecular flexibility index (Phi) is 5.19. The standard InChI is InChI=1S/C21H18O4S/c1-16-7-13-19(14-8-16)25-21(22)18-11-9-17(10-12-18)15-26(23,24)20-5-3-2-4-6-20/h2-14H,15H2,1H3. The summed E-state index contributed by atoms with van der Waals surface area (Å²) >= 11 is 0. The van der Waals surface area contributed by atoms with Crippen LogP contribution in [0.4, 0.5) is 0 Å². The van der Waals surface area contributed by atoms with E-state index in [0.717, 1.165) is 5.56 Å². The van der Waals surface area contributed by atoms with Crippen LogP contribution < -0.4 is 4.74 Å². The molecule has 0 saturated heterocycles. The van der Waals surface area contributed by atoms with Crippen LogP contribution in [0.2, 0.25) is 0 Å². The molecule has 0 amide bonds. The van der Waals surface area contributed by atoms with Crippen LogP contribution in [0, 0.1) is 6.92 Å². The van der Waals surface area contributed by atoms with Crippen LogP contribution >= 0.6 is 0 Å². The zero-order chi connectivity index (χ0) is 18.6. The Hall–Kier alpha value is -2.92. The highest BCUT2D eigenvalue weighted by Gasteiger charge is 2.15. The van der Waals surface area contributed by atoms with Gasteiger partial charge in [0.2, 0.25) is 0 Å². The molecule has 0 aliphatic carbocycles. The Bertz CT molecular complexity index is 990. The molecule has 0 heterocycles. The summed E-state index contributed by atoms with van der Waals surface area (Å²) in [6.07, 6.45) is 0. The van der Waals surface area contributed by atoms with E-state index >= 15 is 0 Å². The number of carbonyl (C=O) groups excluding carboxylic acids is 1. The Balaban J connectivity index is 1.70. The second kappa shape index (κ2) is 7.54. The summed E-state index contributed by atoms with van der Waals surface area (Å²) in [5, 5.41) is 0. The van der Waals surface area contributed by atoms with Crippen molar-refractivity contribution >= 4 is 15.8 Å². The molecule has 0 fully saturated rings. The molecule has 5 heteroatoms. The van der Waals surface area contributed by atoms with E-state index < -0.39 is 15.8 Å². The van der Waals surface area contributed by atoms with E-state index in [1.54, 1.807) is 66.7 Å². The van der Waals surface area contributed by atoms with Gasteiger partial charge < -0.3 is 4.74 Å². The van der Waals surface area contributed by atoms with E-state index in [2.05, 4.69) is 0 Å². The van der Waals surface area contributed by atoms with E-state index in [0.29, 0.717) is 16.9 Å². The third-order valence-electron chi connectivity index (χ3n) is 3.88. The maximum absolute atomic E-state index is 12.4. The van der Waals surface area contributed by atoms with E-state index in [4.69, 9.17) is 4.74 Å². The highest BCUT2D eigenvalue weighted by molar-refractivity contribution is 7.90. The van der Waals surface area contributed by atoms with Gasteiger partial charge in [-0.25, -0.2) is 13.2 Å². The molecule has 0 aliphatic heterocycles. The SMILES string of the molecule is Cc1ccc(OC(=O)c2ccc(CS(=O)(=O)c3ccccc3)cc2)cc1. The quantitative estimate of drug-likeness (QED) is 0.502. The number of esters is 1. The van der Waals surface area contributed by atoms with Crippen molar-refractivity contribution in [1.82, 2.24) is 0 Å². The fraction of sp³-hybridized carbons (Fsp3) is 0.0952. The summed E-state index contributed by atoms with van der Waals surface area (Å²) in [6, 6.07) is 21.9. The highest BCUT2D eigenvalue weighted by Crippen LogP contribution is 2.18.